The van der Waals surface area contributed by atoms with Crippen molar-refractivity contribution in [2.75, 3.05) is 0 Å². The van der Waals surface area contributed by atoms with Crippen molar-refractivity contribution in [2.45, 2.75) is 20.4 Å². The summed E-state index contributed by atoms with van der Waals surface area (Å²) in [4.78, 5) is 27.8. The second-order valence-corrected chi connectivity index (χ2v) is 6.27. The number of nitrogens with one attached hydrogen (secondary N) is 1. The zero-order chi connectivity index (χ0) is 16.6. The number of carboxylic acid groups (broad SMARTS) is 1. The summed E-state index contributed by atoms with van der Waals surface area (Å²) >= 11 is 0. The molecular weight excluding hydrogens is 296 g/mol. The Morgan fingerprint density at radius 1 is 1.30 bits per heavy atom. The number of pyridine rings is 1. The van der Waals surface area contributed by atoms with Crippen LogP contribution in [0.5, 0.6) is 0 Å². The summed E-state index contributed by atoms with van der Waals surface area (Å²) < 4.78 is 1.63. The van der Waals surface area contributed by atoms with Gasteiger partial charge >= 0.3 is 5.97 Å². The van der Waals surface area contributed by atoms with Crippen LogP contribution >= 0.6 is 0 Å². The molecule has 2 aromatic heterocycles. The van der Waals surface area contributed by atoms with E-state index >= 15 is 0 Å². The van der Waals surface area contributed by atoms with Crippen molar-refractivity contribution in [3.05, 3.63) is 42.4 Å². The number of rotatable bonds is 5. The maximum Gasteiger partial charge on any atom is 0.307 e. The predicted molar refractivity (Wildman–Crippen MR) is 81.6 cm³/mol. The highest BCUT2D eigenvalue weighted by Crippen LogP contribution is 2.58. The lowest BCUT2D eigenvalue weighted by Gasteiger charge is -2.10. The van der Waals surface area contributed by atoms with Crippen molar-refractivity contribution >= 4 is 11.9 Å². The molecule has 1 aliphatic carbocycles. The number of hydrogen-bond donors (Lipinski definition) is 2. The fourth-order valence-corrected chi connectivity index (χ4v) is 3.05. The first kappa shape index (κ1) is 15.2. The maximum absolute atomic E-state index is 12.3. The quantitative estimate of drug-likeness (QED) is 0.865. The van der Waals surface area contributed by atoms with Crippen molar-refractivity contribution in [1.82, 2.24) is 20.1 Å². The third-order valence-corrected chi connectivity index (χ3v) is 4.42. The van der Waals surface area contributed by atoms with Gasteiger partial charge in [-0.2, -0.15) is 5.10 Å². The Morgan fingerprint density at radius 2 is 2.09 bits per heavy atom. The zero-order valence-corrected chi connectivity index (χ0v) is 12.9. The summed E-state index contributed by atoms with van der Waals surface area (Å²) in [6.07, 6.45) is 5.09. The van der Waals surface area contributed by atoms with Gasteiger partial charge in [0.15, 0.2) is 5.82 Å². The molecule has 0 saturated heterocycles. The van der Waals surface area contributed by atoms with Gasteiger partial charge in [0.1, 0.15) is 0 Å². The van der Waals surface area contributed by atoms with Gasteiger partial charge < -0.3 is 10.4 Å². The Morgan fingerprint density at radius 3 is 2.70 bits per heavy atom. The molecule has 120 valence electrons. The van der Waals surface area contributed by atoms with Gasteiger partial charge in [-0.1, -0.05) is 19.9 Å². The molecule has 2 N–H and O–H groups in total. The van der Waals surface area contributed by atoms with Crippen LogP contribution in [0, 0.1) is 17.3 Å². The number of carboxylic acids is 1. The number of nitrogens with zero attached hydrogens (tertiary/aromatic N) is 3. The van der Waals surface area contributed by atoms with Crippen LogP contribution in [0.3, 0.4) is 0 Å². The average Bonchev–Trinajstić information content (AvgIpc) is 2.89. The predicted octanol–water partition coefficient (Wildman–Crippen LogP) is 1.24. The smallest absolute Gasteiger partial charge is 0.307 e. The summed E-state index contributed by atoms with van der Waals surface area (Å²) in [5, 5.41) is 16.1. The van der Waals surface area contributed by atoms with E-state index in [1.165, 1.54) is 0 Å². The lowest BCUT2D eigenvalue weighted by Crippen LogP contribution is -2.27. The molecule has 3 rings (SSSR count). The second kappa shape index (κ2) is 5.49. The van der Waals surface area contributed by atoms with Gasteiger partial charge in [-0.15, -0.1) is 0 Å². The molecule has 1 amide bonds. The Labute approximate surface area is 133 Å². The summed E-state index contributed by atoms with van der Waals surface area (Å²) in [6.45, 7) is 3.88. The molecule has 1 aliphatic rings. The number of hydrogen-bond acceptors (Lipinski definition) is 4. The summed E-state index contributed by atoms with van der Waals surface area (Å²) in [5.74, 6) is -1.64. The molecule has 1 saturated carbocycles. The summed E-state index contributed by atoms with van der Waals surface area (Å²) in [7, 11) is 0. The van der Waals surface area contributed by atoms with Crippen LogP contribution in [0.25, 0.3) is 5.82 Å². The van der Waals surface area contributed by atoms with Gasteiger partial charge in [0, 0.05) is 30.7 Å². The number of carbonyl (C=O) groups excluding carboxylic acids is 1. The van der Waals surface area contributed by atoms with Crippen LogP contribution in [0.1, 0.15) is 19.4 Å². The van der Waals surface area contributed by atoms with Gasteiger partial charge in [0.05, 0.1) is 11.8 Å². The maximum atomic E-state index is 12.3. The van der Waals surface area contributed by atoms with Crippen molar-refractivity contribution in [2.24, 2.45) is 17.3 Å². The highest BCUT2D eigenvalue weighted by atomic mass is 16.4. The molecule has 2 atom stereocenters. The SMILES string of the molecule is CC1(C)[C@H](C(=O)O)[C@@H]1C(=O)NCc1cccnc1-n1cccn1. The Hall–Kier alpha value is -2.70. The van der Waals surface area contributed by atoms with Gasteiger partial charge in [-0.3, -0.25) is 9.59 Å². The normalized spacial score (nSPS) is 21.7. The topological polar surface area (TPSA) is 97.1 Å². The summed E-state index contributed by atoms with van der Waals surface area (Å²) in [6, 6.07) is 5.44. The van der Waals surface area contributed by atoms with Gasteiger partial charge in [0.2, 0.25) is 5.91 Å². The third-order valence-electron chi connectivity index (χ3n) is 4.42. The molecular formula is C16H18N4O3. The molecule has 2 aromatic rings. The van der Waals surface area contributed by atoms with E-state index in [4.69, 9.17) is 5.11 Å². The molecule has 0 bridgehead atoms. The first-order valence-corrected chi connectivity index (χ1v) is 7.37. The second-order valence-electron chi connectivity index (χ2n) is 6.27. The van der Waals surface area contributed by atoms with E-state index in [0.717, 1.165) is 5.56 Å². The van der Waals surface area contributed by atoms with Crippen LogP contribution < -0.4 is 5.32 Å². The first-order chi connectivity index (χ1) is 10.9. The van der Waals surface area contributed by atoms with Crippen molar-refractivity contribution in [3.8, 4) is 5.82 Å². The lowest BCUT2D eigenvalue weighted by molar-refractivity contribution is -0.140. The fraction of sp³-hybridized carbons (Fsp3) is 0.375. The van der Waals surface area contributed by atoms with Crippen LogP contribution in [0.2, 0.25) is 0 Å². The van der Waals surface area contributed by atoms with E-state index in [1.807, 2.05) is 6.07 Å². The molecule has 7 heteroatoms. The fourth-order valence-electron chi connectivity index (χ4n) is 3.05. The molecule has 0 radical (unpaired) electrons. The molecule has 0 aromatic carbocycles. The van der Waals surface area contributed by atoms with E-state index in [9.17, 15) is 9.59 Å². The number of aliphatic carboxylic acids is 1. The minimum absolute atomic E-state index is 0.238. The first-order valence-electron chi connectivity index (χ1n) is 7.37. The van der Waals surface area contributed by atoms with Crippen LogP contribution in [0.4, 0.5) is 0 Å². The largest absolute Gasteiger partial charge is 0.481 e. The molecule has 1 fully saturated rings. The average molecular weight is 314 g/mol. The third kappa shape index (κ3) is 2.69. The van der Waals surface area contributed by atoms with E-state index in [0.29, 0.717) is 5.82 Å². The minimum Gasteiger partial charge on any atom is -0.481 e. The van der Waals surface area contributed by atoms with E-state index in [1.54, 1.807) is 49.3 Å². The van der Waals surface area contributed by atoms with Crippen molar-refractivity contribution in [1.29, 1.82) is 0 Å². The molecule has 0 aliphatic heterocycles. The highest BCUT2D eigenvalue weighted by molar-refractivity contribution is 5.91. The van der Waals surface area contributed by atoms with Crippen LogP contribution in [0.15, 0.2) is 36.8 Å². The monoisotopic (exact) mass is 314 g/mol. The Balaban J connectivity index is 1.71. The van der Waals surface area contributed by atoms with Crippen molar-refractivity contribution < 1.29 is 14.7 Å². The minimum atomic E-state index is -0.922. The Kier molecular flexibility index (Phi) is 3.63. The van der Waals surface area contributed by atoms with Gasteiger partial charge in [0.25, 0.3) is 0 Å². The molecule has 0 unspecified atom stereocenters. The Bertz CT molecular complexity index is 740. The van der Waals surface area contributed by atoms with E-state index in [-0.39, 0.29) is 12.5 Å². The van der Waals surface area contributed by atoms with Gasteiger partial charge in [-0.25, -0.2) is 9.67 Å². The number of aromatic nitrogens is 3. The van der Waals surface area contributed by atoms with Gasteiger partial charge in [-0.05, 0) is 17.5 Å². The molecule has 23 heavy (non-hydrogen) atoms. The summed E-state index contributed by atoms with van der Waals surface area (Å²) in [5.41, 5.74) is 0.310. The molecule has 2 heterocycles. The highest BCUT2D eigenvalue weighted by Gasteiger charge is 2.65. The van der Waals surface area contributed by atoms with E-state index in [2.05, 4.69) is 15.4 Å². The lowest BCUT2D eigenvalue weighted by atomic mass is 10.1. The molecule has 7 nitrogen and oxygen atoms in total. The number of carbonyl (C=O) groups is 2. The van der Waals surface area contributed by atoms with Crippen molar-refractivity contribution in [3.63, 3.8) is 0 Å². The molecule has 0 spiro atoms. The van der Waals surface area contributed by atoms with E-state index < -0.39 is 23.2 Å². The number of amides is 1. The van der Waals surface area contributed by atoms with Crippen LogP contribution in [-0.2, 0) is 16.1 Å². The standard InChI is InChI=1S/C16H18N4O3/c1-16(2)11(12(16)15(22)23)14(21)18-9-10-5-3-6-17-13(10)20-8-4-7-19-20/h3-8,11-12H,9H2,1-2H3,(H,18,21)(H,22,23)/t11-,12+/m1/s1. The zero-order valence-electron chi connectivity index (χ0n) is 12.9. The van der Waals surface area contributed by atoms with Crippen LogP contribution in [-0.4, -0.2) is 31.7 Å².